The maximum absolute atomic E-state index is 13.0. The monoisotopic (exact) mass is 418 g/mol. The van der Waals surface area contributed by atoms with Gasteiger partial charge in [0.05, 0.1) is 17.8 Å². The largest absolute Gasteiger partial charge is 0.491 e. The molecule has 0 saturated heterocycles. The van der Waals surface area contributed by atoms with Crippen LogP contribution in [0.4, 0.5) is 0 Å². The Hall–Kier alpha value is -3.61. The lowest BCUT2D eigenvalue weighted by atomic mass is 10.2. The van der Waals surface area contributed by atoms with Gasteiger partial charge >= 0.3 is 0 Å². The third-order valence-electron chi connectivity index (χ3n) is 5.33. The molecule has 1 unspecified atom stereocenters. The number of carbonyl (C=O) groups excluding carboxylic acids is 1. The van der Waals surface area contributed by atoms with Crippen molar-refractivity contribution in [3.05, 3.63) is 70.6 Å². The molecule has 31 heavy (non-hydrogen) atoms. The van der Waals surface area contributed by atoms with Crippen LogP contribution in [0.2, 0.25) is 0 Å². The van der Waals surface area contributed by atoms with Crippen molar-refractivity contribution < 1.29 is 9.53 Å². The van der Waals surface area contributed by atoms with Crippen molar-refractivity contribution in [2.24, 2.45) is 7.05 Å². The van der Waals surface area contributed by atoms with Crippen LogP contribution in [0, 0.1) is 0 Å². The van der Waals surface area contributed by atoms with Gasteiger partial charge in [-0.1, -0.05) is 30.3 Å². The van der Waals surface area contributed by atoms with E-state index in [0.29, 0.717) is 12.1 Å². The highest BCUT2D eigenvalue weighted by Gasteiger charge is 2.23. The highest BCUT2D eigenvalue weighted by molar-refractivity contribution is 6.08. The van der Waals surface area contributed by atoms with Gasteiger partial charge in [-0.2, -0.15) is 5.10 Å². The number of benzene rings is 2. The first-order valence-electron chi connectivity index (χ1n) is 10.3. The zero-order valence-corrected chi connectivity index (χ0v) is 18.1. The van der Waals surface area contributed by atoms with Crippen LogP contribution in [0.3, 0.4) is 0 Å². The predicted molar refractivity (Wildman–Crippen MR) is 121 cm³/mol. The highest BCUT2D eigenvalue weighted by Crippen LogP contribution is 2.29. The summed E-state index contributed by atoms with van der Waals surface area (Å²) < 4.78 is 8.76. The zero-order valence-electron chi connectivity index (χ0n) is 18.1. The minimum atomic E-state index is -0.568. The Morgan fingerprint density at radius 3 is 2.48 bits per heavy atom. The van der Waals surface area contributed by atoms with Gasteiger partial charge in [0, 0.05) is 24.4 Å². The SMILES string of the molecule is CC(C)Oc1ccc(CNC(=O)C(C)n2c3ccccc3c3cnn(C)c(=O)c32)cc1. The first-order chi connectivity index (χ1) is 14.9. The number of aromatic nitrogens is 3. The summed E-state index contributed by atoms with van der Waals surface area (Å²) in [5.74, 6) is 0.636. The second-order valence-corrected chi connectivity index (χ2v) is 7.93. The van der Waals surface area contributed by atoms with Crippen LogP contribution in [0.5, 0.6) is 5.75 Å². The fraction of sp³-hybridized carbons (Fsp3) is 0.292. The molecule has 4 aromatic rings. The van der Waals surface area contributed by atoms with Gasteiger partial charge in [0.2, 0.25) is 5.91 Å². The number of para-hydroxylation sites is 1. The normalized spacial score (nSPS) is 12.4. The van der Waals surface area contributed by atoms with E-state index >= 15 is 0 Å². The third-order valence-corrected chi connectivity index (χ3v) is 5.33. The lowest BCUT2D eigenvalue weighted by Crippen LogP contribution is -2.32. The second-order valence-electron chi connectivity index (χ2n) is 7.93. The molecule has 7 nitrogen and oxygen atoms in total. The van der Waals surface area contributed by atoms with Crippen molar-refractivity contribution in [3.8, 4) is 5.75 Å². The van der Waals surface area contributed by atoms with Gasteiger partial charge in [-0.25, -0.2) is 4.68 Å². The Balaban J connectivity index is 1.61. The molecule has 0 spiro atoms. The van der Waals surface area contributed by atoms with Gasteiger partial charge in [0.15, 0.2) is 0 Å². The molecule has 1 N–H and O–H groups in total. The number of ether oxygens (including phenoxy) is 1. The van der Waals surface area contributed by atoms with Crippen LogP contribution in [-0.4, -0.2) is 26.4 Å². The molecule has 4 rings (SSSR count). The number of rotatable bonds is 6. The van der Waals surface area contributed by atoms with Crippen LogP contribution in [0.25, 0.3) is 21.8 Å². The number of hydrogen-bond donors (Lipinski definition) is 1. The van der Waals surface area contributed by atoms with E-state index < -0.39 is 6.04 Å². The summed E-state index contributed by atoms with van der Waals surface area (Å²) in [6, 6.07) is 14.8. The van der Waals surface area contributed by atoms with Crippen molar-refractivity contribution in [1.29, 1.82) is 0 Å². The Bertz CT molecular complexity index is 1300. The topological polar surface area (TPSA) is 78.2 Å². The smallest absolute Gasteiger partial charge is 0.291 e. The van der Waals surface area contributed by atoms with Crippen LogP contribution in [-0.2, 0) is 18.4 Å². The standard InChI is InChI=1S/C24H26N4O3/c1-15(2)31-18-11-9-17(10-12-18)13-25-23(29)16(3)28-21-8-6-5-7-19(21)20-14-26-27(4)24(30)22(20)28/h5-12,14-16H,13H2,1-4H3,(H,25,29). The molecule has 0 aliphatic carbocycles. The maximum Gasteiger partial charge on any atom is 0.291 e. The summed E-state index contributed by atoms with van der Waals surface area (Å²) >= 11 is 0. The molecule has 0 bridgehead atoms. The summed E-state index contributed by atoms with van der Waals surface area (Å²) in [7, 11) is 1.61. The van der Waals surface area contributed by atoms with Crippen molar-refractivity contribution in [3.63, 3.8) is 0 Å². The van der Waals surface area contributed by atoms with Crippen molar-refractivity contribution in [2.75, 3.05) is 0 Å². The summed E-state index contributed by atoms with van der Waals surface area (Å²) in [6.45, 7) is 6.16. The third kappa shape index (κ3) is 3.91. The fourth-order valence-corrected chi connectivity index (χ4v) is 3.80. The summed E-state index contributed by atoms with van der Waals surface area (Å²) in [5, 5.41) is 8.80. The molecule has 2 aromatic heterocycles. The Labute approximate surface area is 180 Å². The molecule has 1 atom stereocenters. The summed E-state index contributed by atoms with van der Waals surface area (Å²) in [6.07, 6.45) is 1.79. The van der Waals surface area contributed by atoms with E-state index in [4.69, 9.17) is 4.74 Å². The van der Waals surface area contributed by atoms with Crippen molar-refractivity contribution in [1.82, 2.24) is 19.7 Å². The first kappa shape index (κ1) is 20.7. The number of hydrogen-bond acceptors (Lipinski definition) is 4. The van der Waals surface area contributed by atoms with Crippen LogP contribution in [0.15, 0.2) is 59.5 Å². The minimum absolute atomic E-state index is 0.112. The molecule has 0 aliphatic heterocycles. The zero-order chi connectivity index (χ0) is 22.1. The summed E-state index contributed by atoms with van der Waals surface area (Å²) in [5.41, 5.74) is 2.06. The van der Waals surface area contributed by atoms with E-state index in [9.17, 15) is 9.59 Å². The molecule has 0 radical (unpaired) electrons. The van der Waals surface area contributed by atoms with Gasteiger partial charge in [0.25, 0.3) is 5.56 Å². The van der Waals surface area contributed by atoms with Crippen LogP contribution >= 0.6 is 0 Å². The Morgan fingerprint density at radius 1 is 1.06 bits per heavy atom. The molecule has 2 heterocycles. The molecular formula is C24H26N4O3. The average molecular weight is 418 g/mol. The number of amides is 1. The molecule has 0 aliphatic rings. The Morgan fingerprint density at radius 2 is 1.77 bits per heavy atom. The van der Waals surface area contributed by atoms with Gasteiger partial charge in [-0.3, -0.25) is 9.59 Å². The molecular weight excluding hydrogens is 392 g/mol. The number of carbonyl (C=O) groups is 1. The number of fused-ring (bicyclic) bond motifs is 3. The first-order valence-corrected chi connectivity index (χ1v) is 10.3. The quantitative estimate of drug-likeness (QED) is 0.519. The minimum Gasteiger partial charge on any atom is -0.491 e. The lowest BCUT2D eigenvalue weighted by molar-refractivity contribution is -0.123. The Kier molecular flexibility index (Phi) is 5.50. The number of nitrogens with zero attached hydrogens (tertiary/aromatic N) is 3. The predicted octanol–water partition coefficient (Wildman–Crippen LogP) is 3.55. The molecule has 1 amide bonds. The molecule has 160 valence electrons. The van der Waals surface area contributed by atoms with Crippen LogP contribution < -0.4 is 15.6 Å². The highest BCUT2D eigenvalue weighted by atomic mass is 16.5. The van der Waals surface area contributed by atoms with Gasteiger partial charge in [0.1, 0.15) is 17.3 Å². The second kappa shape index (κ2) is 8.26. The average Bonchev–Trinajstić information content (AvgIpc) is 3.09. The number of nitrogens with one attached hydrogen (secondary N) is 1. The number of aryl methyl sites for hydroxylation is 1. The summed E-state index contributed by atoms with van der Waals surface area (Å²) in [4.78, 5) is 25.9. The van der Waals surface area contributed by atoms with Crippen molar-refractivity contribution in [2.45, 2.75) is 39.5 Å². The lowest BCUT2D eigenvalue weighted by Gasteiger charge is -2.17. The molecule has 2 aromatic carbocycles. The van der Waals surface area contributed by atoms with Crippen LogP contribution in [0.1, 0.15) is 32.4 Å². The fourth-order valence-electron chi connectivity index (χ4n) is 3.80. The molecule has 0 saturated carbocycles. The van der Waals surface area contributed by atoms with E-state index in [1.54, 1.807) is 20.2 Å². The van der Waals surface area contributed by atoms with E-state index in [-0.39, 0.29) is 17.6 Å². The van der Waals surface area contributed by atoms with E-state index in [1.807, 2.05) is 66.9 Å². The van der Waals surface area contributed by atoms with Crippen molar-refractivity contribution >= 4 is 27.7 Å². The van der Waals surface area contributed by atoms with E-state index in [1.165, 1.54) is 4.68 Å². The van der Waals surface area contributed by atoms with Gasteiger partial charge in [-0.15, -0.1) is 0 Å². The van der Waals surface area contributed by atoms with Gasteiger partial charge < -0.3 is 14.6 Å². The van der Waals surface area contributed by atoms with Gasteiger partial charge in [-0.05, 0) is 44.5 Å². The van der Waals surface area contributed by atoms with E-state index in [0.717, 1.165) is 27.6 Å². The van der Waals surface area contributed by atoms with E-state index in [2.05, 4.69) is 10.4 Å². The molecule has 0 fully saturated rings. The maximum atomic E-state index is 13.0. The molecule has 7 heteroatoms.